The topological polar surface area (TPSA) is 70.7 Å². The number of benzene rings is 2. The van der Waals surface area contributed by atoms with E-state index in [1.807, 2.05) is 10.3 Å². The van der Waals surface area contributed by atoms with Crippen LogP contribution in [0.15, 0.2) is 60.0 Å². The summed E-state index contributed by atoms with van der Waals surface area (Å²) in [4.78, 5) is 27.6. The number of carbonyl (C=O) groups is 2. The number of hydrogen-bond donors (Lipinski definition) is 2. The van der Waals surface area contributed by atoms with Crippen LogP contribution >= 0.6 is 11.3 Å². The first-order valence-electron chi connectivity index (χ1n) is 9.49. The molecule has 2 amide bonds. The molecule has 30 heavy (non-hydrogen) atoms. The van der Waals surface area contributed by atoms with Gasteiger partial charge in [0.2, 0.25) is 0 Å². The van der Waals surface area contributed by atoms with Crippen LogP contribution in [-0.2, 0) is 4.74 Å². The van der Waals surface area contributed by atoms with Gasteiger partial charge in [0.25, 0.3) is 11.8 Å². The van der Waals surface area contributed by atoms with Gasteiger partial charge in [0, 0.05) is 18.8 Å². The molecule has 3 aromatic rings. The summed E-state index contributed by atoms with van der Waals surface area (Å²) in [7, 11) is 0. The van der Waals surface area contributed by atoms with E-state index >= 15 is 0 Å². The number of nitrogens with one attached hydrogen (secondary N) is 2. The molecule has 154 valence electrons. The molecule has 4 rings (SSSR count). The third-order valence-corrected chi connectivity index (χ3v) is 5.59. The van der Waals surface area contributed by atoms with Gasteiger partial charge in [0.05, 0.1) is 35.0 Å². The third-order valence-electron chi connectivity index (χ3n) is 4.72. The Balaban J connectivity index is 1.49. The van der Waals surface area contributed by atoms with Crippen LogP contribution in [0, 0.1) is 5.82 Å². The van der Waals surface area contributed by atoms with Crippen molar-refractivity contribution in [2.75, 3.05) is 41.8 Å². The summed E-state index contributed by atoms with van der Waals surface area (Å²) in [5, 5.41) is 7.28. The standard InChI is InChI=1S/C22H20FN3O3S/c23-17-14-15(7-8-19(17)26-9-11-29-12-10-26)24-21(27)16-4-1-2-5-18(16)25-22(28)20-6-3-13-30-20/h1-8,13-14H,9-12H2,(H,24,27)(H,25,28). The van der Waals surface area contributed by atoms with E-state index in [4.69, 9.17) is 4.74 Å². The molecular formula is C22H20FN3O3S. The van der Waals surface area contributed by atoms with Gasteiger partial charge in [0.1, 0.15) is 5.82 Å². The minimum atomic E-state index is -0.435. The molecule has 0 spiro atoms. The lowest BCUT2D eigenvalue weighted by atomic mass is 10.1. The minimum Gasteiger partial charge on any atom is -0.378 e. The number of thiophene rings is 1. The molecule has 0 radical (unpaired) electrons. The Morgan fingerprint density at radius 2 is 1.77 bits per heavy atom. The first-order valence-corrected chi connectivity index (χ1v) is 10.4. The summed E-state index contributed by atoms with van der Waals surface area (Å²) < 4.78 is 19.9. The number of anilines is 3. The Bertz CT molecular complexity index is 1050. The van der Waals surface area contributed by atoms with Crippen LogP contribution in [0.5, 0.6) is 0 Å². The number of rotatable bonds is 5. The minimum absolute atomic E-state index is 0.286. The zero-order chi connectivity index (χ0) is 20.9. The monoisotopic (exact) mass is 425 g/mol. The van der Waals surface area contributed by atoms with Crippen LogP contribution in [-0.4, -0.2) is 38.1 Å². The van der Waals surface area contributed by atoms with Crippen molar-refractivity contribution in [1.29, 1.82) is 0 Å². The molecule has 1 aliphatic heterocycles. The van der Waals surface area contributed by atoms with Crippen molar-refractivity contribution in [2.24, 2.45) is 0 Å². The smallest absolute Gasteiger partial charge is 0.265 e. The van der Waals surface area contributed by atoms with E-state index in [9.17, 15) is 14.0 Å². The van der Waals surface area contributed by atoms with Gasteiger partial charge in [0.15, 0.2) is 0 Å². The van der Waals surface area contributed by atoms with E-state index in [0.29, 0.717) is 53.8 Å². The van der Waals surface area contributed by atoms with Crippen molar-refractivity contribution >= 4 is 40.2 Å². The highest BCUT2D eigenvalue weighted by molar-refractivity contribution is 7.12. The summed E-state index contributed by atoms with van der Waals surface area (Å²) in [5.74, 6) is -1.13. The first-order chi connectivity index (χ1) is 14.6. The molecule has 8 heteroatoms. The normalized spacial score (nSPS) is 13.7. The molecule has 0 aliphatic carbocycles. The summed E-state index contributed by atoms with van der Waals surface area (Å²) in [5.41, 5.74) is 1.51. The summed E-state index contributed by atoms with van der Waals surface area (Å²) in [6.07, 6.45) is 0. The highest BCUT2D eigenvalue weighted by Gasteiger charge is 2.18. The van der Waals surface area contributed by atoms with Gasteiger partial charge < -0.3 is 20.3 Å². The van der Waals surface area contributed by atoms with Crippen molar-refractivity contribution in [1.82, 2.24) is 0 Å². The van der Waals surface area contributed by atoms with Crippen LogP contribution in [0.4, 0.5) is 21.5 Å². The Morgan fingerprint density at radius 3 is 2.50 bits per heavy atom. The van der Waals surface area contributed by atoms with Crippen LogP contribution < -0.4 is 15.5 Å². The van der Waals surface area contributed by atoms with E-state index in [1.165, 1.54) is 17.4 Å². The number of halogens is 1. The van der Waals surface area contributed by atoms with E-state index in [2.05, 4.69) is 10.6 Å². The van der Waals surface area contributed by atoms with Crippen molar-refractivity contribution in [3.63, 3.8) is 0 Å². The van der Waals surface area contributed by atoms with E-state index in [-0.39, 0.29) is 5.91 Å². The van der Waals surface area contributed by atoms with Gasteiger partial charge in [-0.1, -0.05) is 18.2 Å². The molecule has 2 heterocycles. The maximum atomic E-state index is 14.6. The second-order valence-electron chi connectivity index (χ2n) is 6.70. The highest BCUT2D eigenvalue weighted by Crippen LogP contribution is 2.25. The lowest BCUT2D eigenvalue weighted by Gasteiger charge is -2.29. The summed E-state index contributed by atoms with van der Waals surface area (Å²) in [6.45, 7) is 2.37. The van der Waals surface area contributed by atoms with E-state index in [0.717, 1.165) is 0 Å². The number of carbonyl (C=O) groups excluding carboxylic acids is 2. The number of amides is 2. The van der Waals surface area contributed by atoms with Crippen LogP contribution in [0.2, 0.25) is 0 Å². The summed E-state index contributed by atoms with van der Waals surface area (Å²) >= 11 is 1.32. The fraction of sp³-hybridized carbons (Fsp3) is 0.182. The zero-order valence-corrected chi connectivity index (χ0v) is 16.9. The van der Waals surface area contributed by atoms with Crippen molar-refractivity contribution in [2.45, 2.75) is 0 Å². The molecule has 1 fully saturated rings. The molecule has 0 saturated carbocycles. The lowest BCUT2D eigenvalue weighted by Crippen LogP contribution is -2.36. The maximum Gasteiger partial charge on any atom is 0.265 e. The largest absolute Gasteiger partial charge is 0.378 e. The van der Waals surface area contributed by atoms with Crippen LogP contribution in [0.3, 0.4) is 0 Å². The zero-order valence-electron chi connectivity index (χ0n) is 16.1. The van der Waals surface area contributed by atoms with Crippen LogP contribution in [0.1, 0.15) is 20.0 Å². The Morgan fingerprint density at radius 1 is 0.967 bits per heavy atom. The average molecular weight is 425 g/mol. The van der Waals surface area contributed by atoms with Gasteiger partial charge in [-0.15, -0.1) is 11.3 Å². The molecule has 1 aromatic heterocycles. The van der Waals surface area contributed by atoms with Gasteiger partial charge in [-0.2, -0.15) is 0 Å². The van der Waals surface area contributed by atoms with Crippen molar-refractivity contribution in [3.8, 4) is 0 Å². The highest BCUT2D eigenvalue weighted by atomic mass is 32.1. The van der Waals surface area contributed by atoms with Crippen molar-refractivity contribution in [3.05, 3.63) is 76.2 Å². The molecule has 1 aliphatic rings. The fourth-order valence-electron chi connectivity index (χ4n) is 3.23. The molecule has 2 N–H and O–H groups in total. The van der Waals surface area contributed by atoms with Gasteiger partial charge in [-0.25, -0.2) is 4.39 Å². The fourth-order valence-corrected chi connectivity index (χ4v) is 3.84. The number of ether oxygens (including phenoxy) is 1. The molecule has 0 unspecified atom stereocenters. The predicted molar refractivity (Wildman–Crippen MR) is 116 cm³/mol. The molecule has 6 nitrogen and oxygen atoms in total. The first kappa shape index (κ1) is 20.1. The van der Waals surface area contributed by atoms with Crippen molar-refractivity contribution < 1.29 is 18.7 Å². The summed E-state index contributed by atoms with van der Waals surface area (Å²) in [6, 6.07) is 14.8. The second-order valence-corrected chi connectivity index (χ2v) is 7.64. The average Bonchev–Trinajstić information content (AvgIpc) is 3.30. The third kappa shape index (κ3) is 4.50. The quantitative estimate of drug-likeness (QED) is 0.642. The predicted octanol–water partition coefficient (Wildman–Crippen LogP) is 4.23. The van der Waals surface area contributed by atoms with E-state index < -0.39 is 11.7 Å². The van der Waals surface area contributed by atoms with Gasteiger partial charge in [-0.3, -0.25) is 9.59 Å². The number of para-hydroxylation sites is 1. The van der Waals surface area contributed by atoms with E-state index in [1.54, 1.807) is 48.5 Å². The van der Waals surface area contributed by atoms with Gasteiger partial charge >= 0.3 is 0 Å². The SMILES string of the molecule is O=C(Nc1ccccc1C(=O)Nc1ccc(N2CCOCC2)c(F)c1)c1cccs1. The van der Waals surface area contributed by atoms with Crippen LogP contribution in [0.25, 0.3) is 0 Å². The maximum absolute atomic E-state index is 14.6. The molecule has 0 atom stereocenters. The molecule has 1 saturated heterocycles. The van der Waals surface area contributed by atoms with Gasteiger partial charge in [-0.05, 0) is 41.8 Å². The Kier molecular flexibility index (Phi) is 6.06. The number of morpholine rings is 1. The second kappa shape index (κ2) is 9.06. The number of nitrogens with zero attached hydrogens (tertiary/aromatic N) is 1. The Labute approximate surface area is 177 Å². The molecular weight excluding hydrogens is 405 g/mol. The lowest BCUT2D eigenvalue weighted by molar-refractivity contribution is 0.102. The Hall–Kier alpha value is -3.23. The molecule has 0 bridgehead atoms. The number of hydrogen-bond acceptors (Lipinski definition) is 5. The molecule has 2 aromatic carbocycles.